The number of ether oxygens (including phenoxy) is 1. The van der Waals surface area contributed by atoms with E-state index in [1.165, 1.54) is 32.1 Å². The number of nitrogens with two attached hydrogens (primary N) is 1. The van der Waals surface area contributed by atoms with Crippen LogP contribution in [0.15, 0.2) is 18.2 Å². The van der Waals surface area contributed by atoms with Gasteiger partial charge in [0.1, 0.15) is 5.75 Å². The summed E-state index contributed by atoms with van der Waals surface area (Å²) in [6.45, 7) is 2.06. The van der Waals surface area contributed by atoms with Gasteiger partial charge in [-0.25, -0.2) is 0 Å². The molecular weight excluding hydrogens is 290 g/mol. The molecule has 23 heavy (non-hydrogen) atoms. The Kier molecular flexibility index (Phi) is 6.28. The molecule has 0 bridgehead atoms. The van der Waals surface area contributed by atoms with Crippen molar-refractivity contribution in [2.24, 2.45) is 0 Å². The lowest BCUT2D eigenvalue weighted by Crippen LogP contribution is -2.47. The van der Waals surface area contributed by atoms with E-state index in [0.29, 0.717) is 23.2 Å². The number of nitrogens with zero attached hydrogens (tertiary/aromatic N) is 1. The Hall–Kier alpha value is -1.75. The third-order valence-electron chi connectivity index (χ3n) is 4.82. The average molecular weight is 319 g/mol. The molecule has 1 atom stereocenters. The second-order valence-electron chi connectivity index (χ2n) is 6.33. The minimum Gasteiger partial charge on any atom is -0.494 e. The van der Waals surface area contributed by atoms with E-state index < -0.39 is 0 Å². The van der Waals surface area contributed by atoms with E-state index in [2.05, 4.69) is 24.2 Å². The summed E-state index contributed by atoms with van der Waals surface area (Å²) in [7, 11) is 3.65. The molecule has 1 aromatic carbocycles. The largest absolute Gasteiger partial charge is 0.494 e. The number of methoxy groups -OCH3 is 1. The maximum absolute atomic E-state index is 12.7. The van der Waals surface area contributed by atoms with Crippen molar-refractivity contribution in [2.45, 2.75) is 57.5 Å². The van der Waals surface area contributed by atoms with Gasteiger partial charge in [0.25, 0.3) is 0 Å². The lowest BCUT2D eigenvalue weighted by Gasteiger charge is -2.36. The van der Waals surface area contributed by atoms with Gasteiger partial charge in [-0.15, -0.1) is 0 Å². The number of hydrogen-bond acceptors (Lipinski definition) is 4. The normalized spacial score (nSPS) is 17.0. The highest BCUT2D eigenvalue weighted by molar-refractivity contribution is 5.96. The molecule has 1 fully saturated rings. The number of carbonyl (C=O) groups is 1. The van der Waals surface area contributed by atoms with Gasteiger partial charge in [-0.3, -0.25) is 9.69 Å². The van der Waals surface area contributed by atoms with Crippen molar-refractivity contribution >= 4 is 17.3 Å². The van der Waals surface area contributed by atoms with E-state index in [1.807, 2.05) is 0 Å². The zero-order chi connectivity index (χ0) is 16.8. The van der Waals surface area contributed by atoms with Gasteiger partial charge in [0.05, 0.1) is 18.8 Å². The summed E-state index contributed by atoms with van der Waals surface area (Å²) in [5.41, 5.74) is 7.05. The summed E-state index contributed by atoms with van der Waals surface area (Å²) in [5, 5.41) is 3.00. The van der Waals surface area contributed by atoms with Crippen LogP contribution in [-0.4, -0.2) is 37.0 Å². The van der Waals surface area contributed by atoms with Crippen molar-refractivity contribution in [1.82, 2.24) is 4.90 Å². The fraction of sp³-hybridized carbons (Fsp3) is 0.611. The minimum atomic E-state index is -0.125. The fourth-order valence-corrected chi connectivity index (χ4v) is 3.43. The van der Waals surface area contributed by atoms with Crippen molar-refractivity contribution in [3.63, 3.8) is 0 Å². The van der Waals surface area contributed by atoms with Gasteiger partial charge in [0.15, 0.2) is 0 Å². The lowest BCUT2D eigenvalue weighted by molar-refractivity contribution is -0.122. The Morgan fingerprint density at radius 2 is 2.09 bits per heavy atom. The van der Waals surface area contributed by atoms with Crippen LogP contribution < -0.4 is 15.8 Å². The summed E-state index contributed by atoms with van der Waals surface area (Å²) in [5.74, 6) is 0.608. The summed E-state index contributed by atoms with van der Waals surface area (Å²) in [6.07, 6.45) is 7.00. The first-order valence-electron chi connectivity index (χ1n) is 8.53. The van der Waals surface area contributed by atoms with E-state index in [1.54, 1.807) is 25.3 Å². The number of nitrogens with one attached hydrogen (secondary N) is 1. The standard InChI is InChI=1S/C18H29N3O2/c1-4-16(21(2)14-8-6-5-7-9-14)18(22)20-15-11-10-13(19)12-17(15)23-3/h10-12,14,16H,4-9,19H2,1-3H3,(H,20,22). The van der Waals surface area contributed by atoms with Gasteiger partial charge >= 0.3 is 0 Å². The number of anilines is 2. The number of benzene rings is 1. The molecular formula is C18H29N3O2. The number of nitrogen functional groups attached to an aromatic ring is 1. The lowest BCUT2D eigenvalue weighted by atomic mass is 9.93. The molecule has 0 heterocycles. The van der Waals surface area contributed by atoms with Crippen LogP contribution >= 0.6 is 0 Å². The molecule has 0 aliphatic heterocycles. The van der Waals surface area contributed by atoms with Crippen molar-refractivity contribution in [3.05, 3.63) is 18.2 Å². The van der Waals surface area contributed by atoms with Crippen LogP contribution in [0.2, 0.25) is 0 Å². The zero-order valence-electron chi connectivity index (χ0n) is 14.5. The number of amides is 1. The minimum absolute atomic E-state index is 0.0173. The highest BCUT2D eigenvalue weighted by Gasteiger charge is 2.28. The van der Waals surface area contributed by atoms with E-state index in [-0.39, 0.29) is 11.9 Å². The molecule has 1 aliphatic rings. The monoisotopic (exact) mass is 319 g/mol. The Morgan fingerprint density at radius 3 is 2.70 bits per heavy atom. The number of rotatable bonds is 6. The second kappa shape index (κ2) is 8.20. The fourth-order valence-electron chi connectivity index (χ4n) is 3.43. The highest BCUT2D eigenvalue weighted by atomic mass is 16.5. The first-order chi connectivity index (χ1) is 11.1. The van der Waals surface area contributed by atoms with Crippen molar-refractivity contribution in [2.75, 3.05) is 25.2 Å². The summed E-state index contributed by atoms with van der Waals surface area (Å²) in [6, 6.07) is 5.67. The molecule has 0 saturated heterocycles. The van der Waals surface area contributed by atoms with E-state index in [4.69, 9.17) is 10.5 Å². The highest BCUT2D eigenvalue weighted by Crippen LogP contribution is 2.28. The SMILES string of the molecule is CCC(C(=O)Nc1ccc(N)cc1OC)N(C)C1CCCCC1. The molecule has 0 spiro atoms. The summed E-state index contributed by atoms with van der Waals surface area (Å²) in [4.78, 5) is 15.0. The number of hydrogen-bond donors (Lipinski definition) is 2. The second-order valence-corrected chi connectivity index (χ2v) is 6.33. The first-order valence-corrected chi connectivity index (χ1v) is 8.53. The molecule has 3 N–H and O–H groups in total. The molecule has 5 heteroatoms. The van der Waals surface area contributed by atoms with Gasteiger partial charge in [-0.1, -0.05) is 26.2 Å². The molecule has 1 amide bonds. The third kappa shape index (κ3) is 4.38. The average Bonchev–Trinajstić information content (AvgIpc) is 2.57. The molecule has 0 aromatic heterocycles. The summed E-state index contributed by atoms with van der Waals surface area (Å²) >= 11 is 0. The van der Waals surface area contributed by atoms with E-state index in [0.717, 1.165) is 6.42 Å². The molecule has 1 saturated carbocycles. The van der Waals surface area contributed by atoms with Crippen LogP contribution in [0.3, 0.4) is 0 Å². The van der Waals surface area contributed by atoms with Gasteiger partial charge in [0.2, 0.25) is 5.91 Å². The quantitative estimate of drug-likeness (QED) is 0.790. The Labute approximate surface area is 139 Å². The topological polar surface area (TPSA) is 67.6 Å². The van der Waals surface area contributed by atoms with Gasteiger partial charge in [-0.2, -0.15) is 0 Å². The maximum atomic E-state index is 12.7. The molecule has 0 radical (unpaired) electrons. The van der Waals surface area contributed by atoms with Crippen LogP contribution in [0.25, 0.3) is 0 Å². The predicted octanol–water partition coefficient (Wildman–Crippen LogP) is 3.26. The molecule has 1 unspecified atom stereocenters. The molecule has 1 aromatic rings. The van der Waals surface area contributed by atoms with Crippen molar-refractivity contribution in [3.8, 4) is 5.75 Å². The Morgan fingerprint density at radius 1 is 1.39 bits per heavy atom. The Bertz CT molecular complexity index is 527. The van der Waals surface area contributed by atoms with Crippen LogP contribution in [0.5, 0.6) is 5.75 Å². The van der Waals surface area contributed by atoms with E-state index in [9.17, 15) is 4.79 Å². The molecule has 128 valence electrons. The molecule has 1 aliphatic carbocycles. The van der Waals surface area contributed by atoms with Crippen LogP contribution in [0, 0.1) is 0 Å². The Balaban J connectivity index is 2.07. The molecule has 5 nitrogen and oxygen atoms in total. The van der Waals surface area contributed by atoms with E-state index >= 15 is 0 Å². The predicted molar refractivity (Wildman–Crippen MR) is 94.8 cm³/mol. The maximum Gasteiger partial charge on any atom is 0.241 e. The molecule has 2 rings (SSSR count). The smallest absolute Gasteiger partial charge is 0.241 e. The van der Waals surface area contributed by atoms with Gasteiger partial charge < -0.3 is 15.8 Å². The number of likely N-dealkylation sites (N-methyl/N-ethyl adjacent to an activating group) is 1. The van der Waals surface area contributed by atoms with Crippen molar-refractivity contribution < 1.29 is 9.53 Å². The van der Waals surface area contributed by atoms with Crippen molar-refractivity contribution in [1.29, 1.82) is 0 Å². The number of carbonyl (C=O) groups excluding carboxylic acids is 1. The van der Waals surface area contributed by atoms with Crippen LogP contribution in [-0.2, 0) is 4.79 Å². The summed E-state index contributed by atoms with van der Waals surface area (Å²) < 4.78 is 5.31. The zero-order valence-corrected chi connectivity index (χ0v) is 14.5. The third-order valence-corrected chi connectivity index (χ3v) is 4.82. The van der Waals surface area contributed by atoms with Crippen LogP contribution in [0.1, 0.15) is 45.4 Å². The van der Waals surface area contributed by atoms with Crippen LogP contribution in [0.4, 0.5) is 11.4 Å². The first kappa shape index (κ1) is 17.6. The van der Waals surface area contributed by atoms with Gasteiger partial charge in [-0.05, 0) is 38.4 Å². The van der Waals surface area contributed by atoms with Gasteiger partial charge in [0, 0.05) is 17.8 Å².